The van der Waals surface area contributed by atoms with E-state index in [1.807, 2.05) is 76.7 Å². The standard InChI is InChI=1S/C44H40N6O2/c51-41(23-29-9-3-1-4-10-29)49-21-7-13-39(49)43-45-28-38(48-43)35-18-17-31-25-32(15-16-33(31)26-35)34-19-20-36-37(27-34)47-44(46-36)40-14-8-22-50(40)42(52)24-30-11-5-2-6-12-30/h1-6,9-12,15-20,25-28,39-40H,7-8,13-14,21-24H2,(H,45,48)(H,46,47)/t39-,40-/m0/s1. The van der Waals surface area contributed by atoms with Crippen LogP contribution in [0, 0.1) is 0 Å². The van der Waals surface area contributed by atoms with Gasteiger partial charge in [0, 0.05) is 18.7 Å². The van der Waals surface area contributed by atoms with Crippen LogP contribution in [0.4, 0.5) is 0 Å². The summed E-state index contributed by atoms with van der Waals surface area (Å²) in [6, 6.07) is 39.2. The molecule has 4 heterocycles. The van der Waals surface area contributed by atoms with E-state index in [-0.39, 0.29) is 23.9 Å². The molecule has 2 saturated heterocycles. The maximum atomic E-state index is 13.3. The highest BCUT2D eigenvalue weighted by Crippen LogP contribution is 2.35. The fraction of sp³-hybridized carbons (Fsp3) is 0.227. The molecular weight excluding hydrogens is 645 g/mol. The highest BCUT2D eigenvalue weighted by molar-refractivity contribution is 5.92. The number of imidazole rings is 2. The van der Waals surface area contributed by atoms with E-state index in [0.717, 1.165) is 106 Å². The zero-order chi connectivity index (χ0) is 35.0. The number of carbonyl (C=O) groups is 2. The molecule has 2 aliphatic rings. The van der Waals surface area contributed by atoms with Crippen LogP contribution in [0.25, 0.3) is 44.2 Å². The number of nitrogens with zero attached hydrogens (tertiary/aromatic N) is 4. The first-order valence-corrected chi connectivity index (χ1v) is 18.3. The number of aromatic amines is 2. The SMILES string of the molecule is O=C(Cc1ccccc1)N1CCC[C@H]1c1ncc(-c2ccc3cc(-c4ccc5nc([C@@H]6CCCN6C(=O)Cc6ccccc6)[nH]c5c4)ccc3c2)[nH]1. The van der Waals surface area contributed by atoms with E-state index in [0.29, 0.717) is 12.8 Å². The van der Waals surface area contributed by atoms with Crippen molar-refractivity contribution in [3.05, 3.63) is 144 Å². The predicted molar refractivity (Wildman–Crippen MR) is 204 cm³/mol. The Morgan fingerprint density at radius 3 is 1.83 bits per heavy atom. The fourth-order valence-electron chi connectivity index (χ4n) is 8.06. The molecule has 2 fully saturated rings. The van der Waals surface area contributed by atoms with Gasteiger partial charge in [0.25, 0.3) is 0 Å². The zero-order valence-corrected chi connectivity index (χ0v) is 29.0. The molecule has 2 amide bonds. The van der Waals surface area contributed by atoms with E-state index >= 15 is 0 Å². The molecule has 0 spiro atoms. The number of fused-ring (bicyclic) bond motifs is 2. The molecule has 2 N–H and O–H groups in total. The van der Waals surface area contributed by atoms with Crippen LogP contribution in [0.15, 0.2) is 121 Å². The monoisotopic (exact) mass is 684 g/mol. The molecule has 0 unspecified atom stereocenters. The number of rotatable bonds is 8. The van der Waals surface area contributed by atoms with Crippen molar-refractivity contribution in [2.75, 3.05) is 13.1 Å². The quantitative estimate of drug-likeness (QED) is 0.168. The molecule has 0 aliphatic carbocycles. The average molecular weight is 685 g/mol. The fourth-order valence-corrected chi connectivity index (χ4v) is 8.06. The molecule has 2 aromatic heterocycles. The van der Waals surface area contributed by atoms with Crippen LogP contribution < -0.4 is 0 Å². The Kier molecular flexibility index (Phi) is 8.35. The summed E-state index contributed by atoms with van der Waals surface area (Å²) >= 11 is 0. The summed E-state index contributed by atoms with van der Waals surface area (Å²) in [6.45, 7) is 1.52. The van der Waals surface area contributed by atoms with Gasteiger partial charge in [-0.25, -0.2) is 9.97 Å². The van der Waals surface area contributed by atoms with Gasteiger partial charge in [-0.05, 0) is 83.0 Å². The molecule has 2 atom stereocenters. The molecule has 0 saturated carbocycles. The molecule has 7 aromatic rings. The first-order valence-electron chi connectivity index (χ1n) is 18.3. The Hall–Kier alpha value is -6.02. The maximum absolute atomic E-state index is 13.3. The van der Waals surface area contributed by atoms with Gasteiger partial charge >= 0.3 is 0 Å². The maximum Gasteiger partial charge on any atom is 0.227 e. The lowest BCUT2D eigenvalue weighted by Crippen LogP contribution is -2.32. The van der Waals surface area contributed by atoms with Gasteiger partial charge < -0.3 is 19.8 Å². The summed E-state index contributed by atoms with van der Waals surface area (Å²) in [6.07, 6.45) is 6.48. The van der Waals surface area contributed by atoms with Gasteiger partial charge in [0.05, 0.1) is 47.8 Å². The molecule has 9 rings (SSSR count). The van der Waals surface area contributed by atoms with E-state index in [1.165, 1.54) is 0 Å². The van der Waals surface area contributed by atoms with E-state index in [2.05, 4.69) is 64.6 Å². The Labute approximate surface area is 302 Å². The highest BCUT2D eigenvalue weighted by atomic mass is 16.2. The lowest BCUT2D eigenvalue weighted by atomic mass is 9.99. The lowest BCUT2D eigenvalue weighted by Gasteiger charge is -2.23. The van der Waals surface area contributed by atoms with Gasteiger partial charge in [0.2, 0.25) is 11.8 Å². The van der Waals surface area contributed by atoms with Crippen LogP contribution in [0.2, 0.25) is 0 Å². The Morgan fingerprint density at radius 1 is 0.615 bits per heavy atom. The van der Waals surface area contributed by atoms with Crippen LogP contribution in [0.1, 0.15) is 60.5 Å². The van der Waals surface area contributed by atoms with E-state index < -0.39 is 0 Å². The van der Waals surface area contributed by atoms with E-state index in [9.17, 15) is 9.59 Å². The highest BCUT2D eigenvalue weighted by Gasteiger charge is 2.33. The van der Waals surface area contributed by atoms with Gasteiger partial charge in [-0.15, -0.1) is 0 Å². The average Bonchev–Trinajstić information content (AvgIpc) is 4.01. The van der Waals surface area contributed by atoms with Crippen molar-refractivity contribution in [1.82, 2.24) is 29.7 Å². The lowest BCUT2D eigenvalue weighted by molar-refractivity contribution is -0.132. The number of likely N-dealkylation sites (tertiary alicyclic amines) is 2. The Bertz CT molecular complexity index is 2400. The van der Waals surface area contributed by atoms with Crippen LogP contribution in [-0.2, 0) is 22.4 Å². The second-order valence-corrected chi connectivity index (χ2v) is 14.1. The van der Waals surface area contributed by atoms with Crippen molar-refractivity contribution in [2.24, 2.45) is 0 Å². The third kappa shape index (κ3) is 6.25. The molecule has 52 heavy (non-hydrogen) atoms. The smallest absolute Gasteiger partial charge is 0.227 e. The van der Waals surface area contributed by atoms with Crippen molar-refractivity contribution in [2.45, 2.75) is 50.6 Å². The second-order valence-electron chi connectivity index (χ2n) is 14.1. The largest absolute Gasteiger partial charge is 0.340 e. The third-order valence-electron chi connectivity index (χ3n) is 10.8. The minimum Gasteiger partial charge on any atom is -0.340 e. The topological polar surface area (TPSA) is 98.0 Å². The minimum atomic E-state index is -0.0351. The van der Waals surface area contributed by atoms with Crippen molar-refractivity contribution in [3.8, 4) is 22.4 Å². The number of carbonyl (C=O) groups excluding carboxylic acids is 2. The number of hydrogen-bond acceptors (Lipinski definition) is 4. The van der Waals surface area contributed by atoms with Crippen molar-refractivity contribution < 1.29 is 9.59 Å². The molecule has 0 radical (unpaired) electrons. The molecule has 5 aromatic carbocycles. The van der Waals surface area contributed by atoms with Gasteiger partial charge in [-0.2, -0.15) is 0 Å². The molecule has 8 heteroatoms. The number of H-pyrrole nitrogens is 2. The number of aromatic nitrogens is 4. The third-order valence-corrected chi connectivity index (χ3v) is 10.8. The summed E-state index contributed by atoms with van der Waals surface area (Å²) in [5.41, 5.74) is 8.21. The summed E-state index contributed by atoms with van der Waals surface area (Å²) < 4.78 is 0. The van der Waals surface area contributed by atoms with Gasteiger partial charge in [-0.3, -0.25) is 9.59 Å². The Balaban J connectivity index is 0.910. The van der Waals surface area contributed by atoms with Crippen molar-refractivity contribution in [1.29, 1.82) is 0 Å². The summed E-state index contributed by atoms with van der Waals surface area (Å²) in [5.74, 6) is 2.00. The second kappa shape index (κ2) is 13.6. The number of amides is 2. The summed E-state index contributed by atoms with van der Waals surface area (Å²) in [5, 5.41) is 2.29. The predicted octanol–water partition coefficient (Wildman–Crippen LogP) is 8.59. The molecule has 2 aliphatic heterocycles. The van der Waals surface area contributed by atoms with Crippen LogP contribution >= 0.6 is 0 Å². The van der Waals surface area contributed by atoms with Crippen molar-refractivity contribution >= 4 is 33.6 Å². The minimum absolute atomic E-state index is 0.0319. The summed E-state index contributed by atoms with van der Waals surface area (Å²) in [4.78, 5) is 47.3. The summed E-state index contributed by atoms with van der Waals surface area (Å²) in [7, 11) is 0. The van der Waals surface area contributed by atoms with Crippen molar-refractivity contribution in [3.63, 3.8) is 0 Å². The Morgan fingerprint density at radius 2 is 1.17 bits per heavy atom. The van der Waals surface area contributed by atoms with Crippen LogP contribution in [0.3, 0.4) is 0 Å². The van der Waals surface area contributed by atoms with E-state index in [1.54, 1.807) is 0 Å². The van der Waals surface area contributed by atoms with Gasteiger partial charge in [-0.1, -0.05) is 91.0 Å². The first kappa shape index (κ1) is 31.9. The first-order chi connectivity index (χ1) is 25.6. The van der Waals surface area contributed by atoms with E-state index in [4.69, 9.17) is 9.97 Å². The zero-order valence-electron chi connectivity index (χ0n) is 29.0. The van der Waals surface area contributed by atoms with Gasteiger partial charge in [0.15, 0.2) is 0 Å². The normalized spacial score (nSPS) is 17.4. The molecular formula is C44H40N6O2. The number of benzene rings is 5. The number of nitrogens with one attached hydrogen (secondary N) is 2. The van der Waals surface area contributed by atoms with Crippen LogP contribution in [0.5, 0.6) is 0 Å². The van der Waals surface area contributed by atoms with Crippen LogP contribution in [-0.4, -0.2) is 54.6 Å². The molecule has 8 nitrogen and oxygen atoms in total. The molecule has 0 bridgehead atoms. The number of hydrogen-bond donors (Lipinski definition) is 2. The molecule has 258 valence electrons. The van der Waals surface area contributed by atoms with Gasteiger partial charge in [0.1, 0.15) is 11.6 Å².